The van der Waals surface area contributed by atoms with Crippen molar-refractivity contribution in [3.05, 3.63) is 71.0 Å². The van der Waals surface area contributed by atoms with Crippen molar-refractivity contribution in [1.29, 1.82) is 0 Å². The van der Waals surface area contributed by atoms with Crippen molar-refractivity contribution >= 4 is 23.2 Å². The van der Waals surface area contributed by atoms with Crippen LogP contribution in [0, 0.1) is 0 Å². The fourth-order valence-corrected chi connectivity index (χ4v) is 2.33. The van der Waals surface area contributed by atoms with Gasteiger partial charge < -0.3 is 0 Å². The van der Waals surface area contributed by atoms with Crippen LogP contribution in [0.25, 0.3) is 11.0 Å². The number of hydrogen-bond donors (Lipinski definition) is 1. The van der Waals surface area contributed by atoms with Crippen LogP contribution in [-0.2, 0) is 12.4 Å². The summed E-state index contributed by atoms with van der Waals surface area (Å²) in [4.78, 5) is 19.3. The summed E-state index contributed by atoms with van der Waals surface area (Å²) >= 11 is 0. The second kappa shape index (κ2) is 7.49. The molecule has 0 saturated carbocycles. The lowest BCUT2D eigenvalue weighted by molar-refractivity contribution is -0.141. The SMILES string of the molecule is O=C(N/N=C/c1ccc(C(F)(F)F)cc1)c1nc2ccccc2nc1C(F)(F)F. The number of hydrazone groups is 1. The Hall–Kier alpha value is -3.50. The Kier molecular flexibility index (Phi) is 5.23. The molecule has 1 aromatic heterocycles. The normalized spacial score (nSPS) is 12.5. The zero-order valence-electron chi connectivity index (χ0n) is 14.2. The third-order valence-corrected chi connectivity index (χ3v) is 3.67. The maximum absolute atomic E-state index is 13.2. The summed E-state index contributed by atoms with van der Waals surface area (Å²) in [5.41, 5.74) is -1.21. The molecule has 0 aliphatic rings. The van der Waals surface area contributed by atoms with E-state index in [9.17, 15) is 31.1 Å². The molecular weight excluding hydrogens is 402 g/mol. The van der Waals surface area contributed by atoms with E-state index in [1.165, 1.54) is 24.3 Å². The van der Waals surface area contributed by atoms with Crippen molar-refractivity contribution < 1.29 is 31.1 Å². The molecule has 3 aromatic rings. The minimum absolute atomic E-state index is 0.0374. The van der Waals surface area contributed by atoms with Crippen LogP contribution in [0.3, 0.4) is 0 Å². The number of alkyl halides is 6. The summed E-state index contributed by atoms with van der Waals surface area (Å²) in [7, 11) is 0. The largest absolute Gasteiger partial charge is 0.435 e. The lowest BCUT2D eigenvalue weighted by Gasteiger charge is -2.11. The zero-order chi connectivity index (χ0) is 21.2. The van der Waals surface area contributed by atoms with Crippen LogP contribution in [0.5, 0.6) is 0 Å². The summed E-state index contributed by atoms with van der Waals surface area (Å²) in [5, 5.41) is 3.47. The minimum atomic E-state index is -4.93. The van der Waals surface area contributed by atoms with Gasteiger partial charge in [0.2, 0.25) is 0 Å². The molecule has 29 heavy (non-hydrogen) atoms. The molecular formula is C18H10F6N4O. The van der Waals surface area contributed by atoms with Crippen molar-refractivity contribution in [3.8, 4) is 0 Å². The highest BCUT2D eigenvalue weighted by Gasteiger charge is 2.39. The molecule has 0 radical (unpaired) electrons. The molecule has 1 heterocycles. The Morgan fingerprint density at radius 1 is 0.862 bits per heavy atom. The van der Waals surface area contributed by atoms with E-state index in [0.29, 0.717) is 0 Å². The van der Waals surface area contributed by atoms with Gasteiger partial charge in [-0.25, -0.2) is 15.4 Å². The first-order valence-corrected chi connectivity index (χ1v) is 7.90. The average molecular weight is 412 g/mol. The van der Waals surface area contributed by atoms with Gasteiger partial charge in [-0.05, 0) is 29.8 Å². The molecule has 1 amide bonds. The Morgan fingerprint density at radius 3 is 2.00 bits per heavy atom. The van der Waals surface area contributed by atoms with E-state index in [1.807, 2.05) is 5.43 Å². The second-order valence-corrected chi connectivity index (χ2v) is 5.73. The zero-order valence-corrected chi connectivity index (χ0v) is 14.2. The fourth-order valence-electron chi connectivity index (χ4n) is 2.33. The molecule has 3 rings (SSSR count). The van der Waals surface area contributed by atoms with Gasteiger partial charge in [0.25, 0.3) is 5.91 Å². The van der Waals surface area contributed by atoms with Crippen LogP contribution < -0.4 is 5.43 Å². The molecule has 0 bridgehead atoms. The number of amides is 1. The minimum Gasteiger partial charge on any atom is -0.265 e. The monoisotopic (exact) mass is 412 g/mol. The first kappa shape index (κ1) is 20.2. The standard InChI is InChI=1S/C18H10F6N4O/c19-17(20,21)11-7-5-10(6-8-11)9-25-28-16(29)14-15(18(22,23)24)27-13-4-2-1-3-12(13)26-14/h1-9H,(H,28,29)/b25-9+. The fraction of sp³-hybridized carbons (Fsp3) is 0.111. The molecule has 0 atom stereocenters. The first-order chi connectivity index (χ1) is 13.6. The van der Waals surface area contributed by atoms with Gasteiger partial charge in [0, 0.05) is 0 Å². The number of nitrogens with one attached hydrogen (secondary N) is 1. The molecule has 0 saturated heterocycles. The molecule has 0 fully saturated rings. The Balaban J connectivity index is 1.83. The van der Waals surface area contributed by atoms with Crippen molar-refractivity contribution in [2.24, 2.45) is 5.10 Å². The van der Waals surface area contributed by atoms with Crippen LogP contribution in [0.4, 0.5) is 26.3 Å². The number of benzene rings is 2. The summed E-state index contributed by atoms with van der Waals surface area (Å²) in [6, 6.07) is 9.51. The van der Waals surface area contributed by atoms with Crippen molar-refractivity contribution in [2.45, 2.75) is 12.4 Å². The van der Waals surface area contributed by atoms with Crippen LogP contribution in [0.1, 0.15) is 27.3 Å². The molecule has 0 aliphatic carbocycles. The van der Waals surface area contributed by atoms with E-state index in [2.05, 4.69) is 15.1 Å². The lowest BCUT2D eigenvalue weighted by atomic mass is 10.1. The third-order valence-electron chi connectivity index (χ3n) is 3.67. The Morgan fingerprint density at radius 2 is 1.45 bits per heavy atom. The van der Waals surface area contributed by atoms with Crippen molar-refractivity contribution in [1.82, 2.24) is 15.4 Å². The highest BCUT2D eigenvalue weighted by molar-refractivity contribution is 5.96. The van der Waals surface area contributed by atoms with Gasteiger partial charge in [-0.15, -0.1) is 0 Å². The molecule has 0 aliphatic heterocycles. The number of rotatable bonds is 3. The topological polar surface area (TPSA) is 67.2 Å². The van der Waals surface area contributed by atoms with E-state index < -0.39 is 35.2 Å². The molecule has 150 valence electrons. The summed E-state index contributed by atoms with van der Waals surface area (Å²) < 4.78 is 77.3. The van der Waals surface area contributed by atoms with Gasteiger partial charge in [-0.2, -0.15) is 31.4 Å². The number of nitrogens with zero attached hydrogens (tertiary/aromatic N) is 3. The summed E-state index contributed by atoms with van der Waals surface area (Å²) in [6.07, 6.45) is -8.45. The molecule has 1 N–H and O–H groups in total. The van der Waals surface area contributed by atoms with Gasteiger partial charge in [0.1, 0.15) is 0 Å². The number of carbonyl (C=O) groups is 1. The maximum atomic E-state index is 13.2. The van der Waals surface area contributed by atoms with Crippen molar-refractivity contribution in [2.75, 3.05) is 0 Å². The van der Waals surface area contributed by atoms with Gasteiger partial charge in [0.05, 0.1) is 22.8 Å². The van der Waals surface area contributed by atoms with Crippen LogP contribution in [0.15, 0.2) is 53.6 Å². The predicted octanol–water partition coefficient (Wildman–Crippen LogP) is 4.43. The average Bonchev–Trinajstić information content (AvgIpc) is 2.66. The van der Waals surface area contributed by atoms with Crippen molar-refractivity contribution in [3.63, 3.8) is 0 Å². The quantitative estimate of drug-likeness (QED) is 0.393. The smallest absolute Gasteiger partial charge is 0.265 e. The Bertz CT molecular complexity index is 1070. The highest BCUT2D eigenvalue weighted by Crippen LogP contribution is 2.31. The molecule has 2 aromatic carbocycles. The maximum Gasteiger partial charge on any atom is 0.435 e. The van der Waals surface area contributed by atoms with Crippen LogP contribution in [-0.4, -0.2) is 22.1 Å². The van der Waals surface area contributed by atoms with E-state index in [0.717, 1.165) is 30.5 Å². The first-order valence-electron chi connectivity index (χ1n) is 7.90. The molecule has 0 unspecified atom stereocenters. The van der Waals surface area contributed by atoms with Gasteiger partial charge in [0.15, 0.2) is 11.4 Å². The van der Waals surface area contributed by atoms with E-state index in [-0.39, 0.29) is 16.6 Å². The molecule has 0 spiro atoms. The highest BCUT2D eigenvalue weighted by atomic mass is 19.4. The second-order valence-electron chi connectivity index (χ2n) is 5.73. The van der Waals surface area contributed by atoms with Crippen LogP contribution >= 0.6 is 0 Å². The third kappa shape index (κ3) is 4.68. The number of halogens is 6. The summed E-state index contributed by atoms with van der Waals surface area (Å²) in [5.74, 6) is -1.27. The number of aromatic nitrogens is 2. The van der Waals surface area contributed by atoms with Crippen LogP contribution in [0.2, 0.25) is 0 Å². The van der Waals surface area contributed by atoms with Gasteiger partial charge in [-0.3, -0.25) is 4.79 Å². The molecule has 5 nitrogen and oxygen atoms in total. The number of fused-ring (bicyclic) bond motifs is 1. The van der Waals surface area contributed by atoms with E-state index >= 15 is 0 Å². The van der Waals surface area contributed by atoms with Gasteiger partial charge in [-0.1, -0.05) is 24.3 Å². The van der Waals surface area contributed by atoms with Gasteiger partial charge >= 0.3 is 12.4 Å². The number of hydrogen-bond acceptors (Lipinski definition) is 4. The van der Waals surface area contributed by atoms with E-state index in [1.54, 1.807) is 0 Å². The number of carbonyl (C=O) groups excluding carboxylic acids is 1. The van der Waals surface area contributed by atoms with E-state index in [4.69, 9.17) is 0 Å². The molecule has 11 heteroatoms. The Labute approximate surface area is 159 Å². The summed E-state index contributed by atoms with van der Waals surface area (Å²) in [6.45, 7) is 0. The number of para-hydroxylation sites is 2. The lowest BCUT2D eigenvalue weighted by Crippen LogP contribution is -2.25. The predicted molar refractivity (Wildman–Crippen MR) is 91.0 cm³/mol.